The van der Waals surface area contributed by atoms with Crippen LogP contribution < -0.4 is 0 Å². The summed E-state index contributed by atoms with van der Waals surface area (Å²) in [5, 5.41) is 5.81. The molecule has 0 aliphatic rings. The number of hydrogen-bond donors (Lipinski definition) is 0. The molecule has 0 bridgehead atoms. The van der Waals surface area contributed by atoms with Gasteiger partial charge in [0.15, 0.2) is 0 Å². The van der Waals surface area contributed by atoms with E-state index in [1.165, 1.54) is 20.2 Å². The average molecular weight is 823 g/mol. The van der Waals surface area contributed by atoms with Crippen LogP contribution in [0, 0.1) is 0 Å². The Morgan fingerprint density at radius 1 is 0.333 bits per heavy atom. The highest BCUT2D eigenvalue weighted by atomic mass is 32.1. The fourth-order valence-electron chi connectivity index (χ4n) is 9.28. The molecule has 7 heteroatoms. The number of fused-ring (bicyclic) bond motifs is 9. The zero-order chi connectivity index (χ0) is 41.4. The first-order valence-electron chi connectivity index (χ1n) is 21.0. The van der Waals surface area contributed by atoms with Crippen molar-refractivity contribution in [2.24, 2.45) is 0 Å². The van der Waals surface area contributed by atoms with Crippen molar-refractivity contribution in [2.45, 2.75) is 0 Å². The van der Waals surface area contributed by atoms with E-state index in [1.54, 1.807) is 11.3 Å². The number of aromatic nitrogens is 6. The minimum absolute atomic E-state index is 0.634. The topological polar surface area (TPSA) is 61.4 Å². The highest BCUT2D eigenvalue weighted by Crippen LogP contribution is 2.40. The summed E-state index contributed by atoms with van der Waals surface area (Å²) >= 11 is 1.78. The fourth-order valence-corrected chi connectivity index (χ4v) is 10.3. The standard InChI is InChI=1S/C56H34N6S/c1-3-13-35(14-4-1)46-34-47(36-15-5-2-6-16-36)60-56(59-46)62-49-21-10-8-18-41(49)43-31-37(25-28-50(43)62)38-24-27-42-40-17-7-9-20-48(40)61(51(42)33-38)54-23-11-19-45(58-54)39-26-29-52-44(32-39)55-53(63-52)22-12-30-57-55/h1-34H. The first-order valence-corrected chi connectivity index (χ1v) is 21.9. The zero-order valence-electron chi connectivity index (χ0n) is 33.7. The van der Waals surface area contributed by atoms with E-state index in [-0.39, 0.29) is 0 Å². The Balaban J connectivity index is 0.961. The van der Waals surface area contributed by atoms with Crippen molar-refractivity contribution in [3.63, 3.8) is 0 Å². The molecule has 0 radical (unpaired) electrons. The Kier molecular flexibility index (Phi) is 7.98. The Morgan fingerprint density at radius 3 is 1.73 bits per heavy atom. The van der Waals surface area contributed by atoms with E-state index in [0.29, 0.717) is 5.95 Å². The second-order valence-electron chi connectivity index (χ2n) is 15.9. The van der Waals surface area contributed by atoms with E-state index in [0.717, 1.165) is 94.5 Å². The average Bonchev–Trinajstić information content (AvgIpc) is 4.01. The lowest BCUT2D eigenvalue weighted by atomic mass is 10.0. The van der Waals surface area contributed by atoms with Crippen molar-refractivity contribution in [3.05, 3.63) is 206 Å². The Hall–Kier alpha value is -8.26. The highest BCUT2D eigenvalue weighted by Gasteiger charge is 2.19. The molecule has 0 saturated heterocycles. The van der Waals surface area contributed by atoms with Crippen LogP contribution in [0.25, 0.3) is 121 Å². The van der Waals surface area contributed by atoms with Crippen molar-refractivity contribution in [3.8, 4) is 56.7 Å². The smallest absolute Gasteiger partial charge is 0.235 e. The molecule has 0 amide bonds. The number of hydrogen-bond acceptors (Lipinski definition) is 5. The third kappa shape index (κ3) is 5.78. The summed E-state index contributed by atoms with van der Waals surface area (Å²) < 4.78 is 6.94. The van der Waals surface area contributed by atoms with Crippen LogP contribution in [-0.4, -0.2) is 29.1 Å². The number of pyridine rings is 2. The van der Waals surface area contributed by atoms with Crippen LogP contribution in [0.5, 0.6) is 0 Å². The molecule has 6 heterocycles. The number of benzene rings is 7. The molecular formula is C56H34N6S. The van der Waals surface area contributed by atoms with Crippen molar-refractivity contribution in [1.29, 1.82) is 0 Å². The lowest BCUT2D eigenvalue weighted by Crippen LogP contribution is -2.03. The van der Waals surface area contributed by atoms with Gasteiger partial charge in [0.2, 0.25) is 5.95 Å². The van der Waals surface area contributed by atoms with E-state index in [1.807, 2.05) is 24.4 Å². The molecule has 0 aliphatic heterocycles. The van der Waals surface area contributed by atoms with Gasteiger partial charge in [-0.1, -0.05) is 127 Å². The summed E-state index contributed by atoms with van der Waals surface area (Å²) in [7, 11) is 0. The summed E-state index contributed by atoms with van der Waals surface area (Å²) in [5.74, 6) is 1.51. The summed E-state index contributed by atoms with van der Waals surface area (Å²) in [6, 6.07) is 70.6. The maximum Gasteiger partial charge on any atom is 0.235 e. The number of thiophene rings is 1. The van der Waals surface area contributed by atoms with Crippen molar-refractivity contribution in [1.82, 2.24) is 29.1 Å². The monoisotopic (exact) mass is 822 g/mol. The van der Waals surface area contributed by atoms with Gasteiger partial charge in [0.25, 0.3) is 0 Å². The molecule has 6 aromatic heterocycles. The van der Waals surface area contributed by atoms with Gasteiger partial charge >= 0.3 is 0 Å². The molecule has 0 saturated carbocycles. The van der Waals surface area contributed by atoms with Crippen molar-refractivity contribution in [2.75, 3.05) is 0 Å². The maximum atomic E-state index is 5.35. The van der Waals surface area contributed by atoms with Gasteiger partial charge in [0.1, 0.15) is 5.82 Å². The Morgan fingerprint density at radius 2 is 0.952 bits per heavy atom. The number of nitrogens with zero attached hydrogens (tertiary/aromatic N) is 6. The molecule has 6 nitrogen and oxygen atoms in total. The van der Waals surface area contributed by atoms with Gasteiger partial charge in [0, 0.05) is 54.5 Å². The summed E-state index contributed by atoms with van der Waals surface area (Å²) in [4.78, 5) is 20.5. The van der Waals surface area contributed by atoms with Crippen LogP contribution >= 0.6 is 11.3 Å². The van der Waals surface area contributed by atoms with Gasteiger partial charge in [-0.15, -0.1) is 11.3 Å². The molecule has 294 valence electrons. The van der Waals surface area contributed by atoms with Crippen LogP contribution in [-0.2, 0) is 0 Å². The molecule has 7 aromatic carbocycles. The normalized spacial score (nSPS) is 11.8. The number of para-hydroxylation sites is 2. The van der Waals surface area contributed by atoms with Crippen molar-refractivity contribution < 1.29 is 0 Å². The lowest BCUT2D eigenvalue weighted by molar-refractivity contribution is 0.995. The van der Waals surface area contributed by atoms with E-state index < -0.39 is 0 Å². The molecule has 0 unspecified atom stereocenters. The summed E-state index contributed by atoms with van der Waals surface area (Å²) in [6.45, 7) is 0. The largest absolute Gasteiger partial charge is 0.294 e. The molecule has 0 atom stereocenters. The predicted octanol–water partition coefficient (Wildman–Crippen LogP) is 14.5. The van der Waals surface area contributed by atoms with E-state index >= 15 is 0 Å². The summed E-state index contributed by atoms with van der Waals surface area (Å²) in [5.41, 5.74) is 13.4. The first kappa shape index (κ1) is 35.5. The predicted molar refractivity (Wildman–Crippen MR) is 261 cm³/mol. The number of rotatable bonds is 6. The maximum absolute atomic E-state index is 5.35. The molecule has 63 heavy (non-hydrogen) atoms. The Labute approximate surface area is 365 Å². The van der Waals surface area contributed by atoms with Gasteiger partial charge < -0.3 is 0 Å². The second kappa shape index (κ2) is 14.2. The lowest BCUT2D eigenvalue weighted by Gasteiger charge is -2.12. The van der Waals surface area contributed by atoms with Gasteiger partial charge in [-0.3, -0.25) is 14.1 Å². The molecule has 0 spiro atoms. The highest BCUT2D eigenvalue weighted by molar-refractivity contribution is 7.25. The van der Waals surface area contributed by atoms with Gasteiger partial charge in [-0.2, -0.15) is 0 Å². The summed E-state index contributed by atoms with van der Waals surface area (Å²) in [6.07, 6.45) is 1.87. The van der Waals surface area contributed by atoms with E-state index in [2.05, 4.69) is 191 Å². The molecule has 0 fully saturated rings. The second-order valence-corrected chi connectivity index (χ2v) is 17.0. The molecule has 0 N–H and O–H groups in total. The van der Waals surface area contributed by atoms with Gasteiger partial charge in [0.05, 0.1) is 49.4 Å². The molecule has 13 aromatic rings. The van der Waals surface area contributed by atoms with Crippen LogP contribution in [0.2, 0.25) is 0 Å². The molecular weight excluding hydrogens is 789 g/mol. The van der Waals surface area contributed by atoms with E-state index in [9.17, 15) is 0 Å². The zero-order valence-corrected chi connectivity index (χ0v) is 34.5. The quantitative estimate of drug-likeness (QED) is 0.168. The minimum Gasteiger partial charge on any atom is -0.294 e. The van der Waals surface area contributed by atoms with Crippen LogP contribution in [0.3, 0.4) is 0 Å². The van der Waals surface area contributed by atoms with Crippen LogP contribution in [0.1, 0.15) is 0 Å². The third-order valence-electron chi connectivity index (χ3n) is 12.2. The van der Waals surface area contributed by atoms with Gasteiger partial charge in [-0.25, -0.2) is 15.0 Å². The van der Waals surface area contributed by atoms with Crippen LogP contribution in [0.15, 0.2) is 206 Å². The van der Waals surface area contributed by atoms with Gasteiger partial charge in [-0.05, 0) is 83.9 Å². The molecule has 13 rings (SSSR count). The first-order chi connectivity index (χ1) is 31.2. The van der Waals surface area contributed by atoms with Crippen molar-refractivity contribution >= 4 is 75.3 Å². The molecule has 0 aliphatic carbocycles. The SMILES string of the molecule is c1ccc(-c2cc(-c3ccccc3)nc(-n3c4ccccc4c4cc(-c5ccc6c7ccccc7n(-c7cccc(-c8ccc9sc%10cccnc%10c9c8)n7)c6c5)ccc43)n2)cc1. The third-order valence-corrected chi connectivity index (χ3v) is 13.3. The Bertz CT molecular complexity index is 3860. The van der Waals surface area contributed by atoms with E-state index in [4.69, 9.17) is 19.9 Å². The minimum atomic E-state index is 0.634. The fraction of sp³-hybridized carbons (Fsp3) is 0. The van der Waals surface area contributed by atoms with Crippen LogP contribution in [0.4, 0.5) is 0 Å².